The molecule has 1 aromatic heterocycles. The number of carbonyl (C=O) groups is 1. The summed E-state index contributed by atoms with van der Waals surface area (Å²) in [5.41, 5.74) is 2.20. The van der Waals surface area contributed by atoms with E-state index in [0.29, 0.717) is 16.5 Å². The Morgan fingerprint density at radius 1 is 1.37 bits per heavy atom. The topological polar surface area (TPSA) is 57.8 Å². The Balaban J connectivity index is 1.80. The van der Waals surface area contributed by atoms with Crippen molar-refractivity contribution in [3.05, 3.63) is 41.0 Å². The lowest BCUT2D eigenvalue weighted by molar-refractivity contribution is 0.0952. The van der Waals surface area contributed by atoms with E-state index >= 15 is 0 Å². The van der Waals surface area contributed by atoms with Crippen LogP contribution in [0.2, 0.25) is 5.02 Å². The summed E-state index contributed by atoms with van der Waals surface area (Å²) in [5.74, 6) is 0.584. The quantitative estimate of drug-likeness (QED) is 0.901. The third-order valence-electron chi connectivity index (χ3n) is 3.27. The van der Waals surface area contributed by atoms with E-state index in [0.717, 1.165) is 17.8 Å². The Hall–Kier alpha value is -1.81. The fourth-order valence-electron chi connectivity index (χ4n) is 1.95. The fraction of sp³-hybridized carbons (Fsp3) is 0.286. The molecular formula is C14H14ClN3O. The Morgan fingerprint density at radius 2 is 2.11 bits per heavy atom. The highest BCUT2D eigenvalue weighted by Crippen LogP contribution is 2.28. The molecule has 4 nitrogen and oxygen atoms in total. The summed E-state index contributed by atoms with van der Waals surface area (Å²) in [5, 5.41) is 10.5. The number of nitrogens with zero attached hydrogens (tertiary/aromatic N) is 1. The summed E-state index contributed by atoms with van der Waals surface area (Å²) in [6.45, 7) is 0.754. The van der Waals surface area contributed by atoms with Crippen LogP contribution in [0.25, 0.3) is 11.3 Å². The van der Waals surface area contributed by atoms with Crippen molar-refractivity contribution in [3.63, 3.8) is 0 Å². The number of nitrogens with one attached hydrogen (secondary N) is 2. The lowest BCUT2D eigenvalue weighted by Crippen LogP contribution is -2.25. The van der Waals surface area contributed by atoms with Gasteiger partial charge in [-0.05, 0) is 30.9 Å². The Labute approximate surface area is 116 Å². The molecule has 1 aliphatic rings. The van der Waals surface area contributed by atoms with Gasteiger partial charge in [-0.2, -0.15) is 5.10 Å². The van der Waals surface area contributed by atoms with E-state index in [1.165, 1.54) is 12.8 Å². The zero-order valence-electron chi connectivity index (χ0n) is 10.3. The van der Waals surface area contributed by atoms with E-state index in [1.54, 1.807) is 18.3 Å². The molecule has 19 heavy (non-hydrogen) atoms. The number of hydrogen-bond acceptors (Lipinski definition) is 2. The van der Waals surface area contributed by atoms with Gasteiger partial charge in [-0.25, -0.2) is 0 Å². The van der Waals surface area contributed by atoms with Crippen LogP contribution in [0.5, 0.6) is 0 Å². The lowest BCUT2D eigenvalue weighted by atomic mass is 10.1. The van der Waals surface area contributed by atoms with Crippen LogP contribution in [0.4, 0.5) is 0 Å². The number of carbonyl (C=O) groups excluding carboxylic acids is 1. The first-order valence-electron chi connectivity index (χ1n) is 6.31. The number of aromatic nitrogens is 2. The first-order valence-corrected chi connectivity index (χ1v) is 6.69. The van der Waals surface area contributed by atoms with Gasteiger partial charge in [-0.15, -0.1) is 0 Å². The van der Waals surface area contributed by atoms with Crippen LogP contribution >= 0.6 is 11.6 Å². The standard InChI is InChI=1S/C14H14ClN3O/c15-11-5-3-10(4-6-11)13-12(8-17-18-13)14(19)16-7-9-1-2-9/h3-6,8-9H,1-2,7H2,(H,16,19)(H,17,18). The van der Waals surface area contributed by atoms with Crippen molar-refractivity contribution >= 4 is 17.5 Å². The van der Waals surface area contributed by atoms with Crippen molar-refractivity contribution < 1.29 is 4.79 Å². The summed E-state index contributed by atoms with van der Waals surface area (Å²) >= 11 is 5.86. The average Bonchev–Trinajstić information content (AvgIpc) is 3.12. The number of amides is 1. The smallest absolute Gasteiger partial charge is 0.255 e. The second-order valence-corrected chi connectivity index (χ2v) is 5.26. The van der Waals surface area contributed by atoms with Crippen LogP contribution in [0.3, 0.4) is 0 Å². The number of halogens is 1. The second kappa shape index (κ2) is 5.05. The van der Waals surface area contributed by atoms with Crippen molar-refractivity contribution in [2.45, 2.75) is 12.8 Å². The predicted octanol–water partition coefficient (Wildman–Crippen LogP) is 2.87. The van der Waals surface area contributed by atoms with E-state index in [4.69, 9.17) is 11.6 Å². The van der Waals surface area contributed by atoms with Gasteiger partial charge in [0.1, 0.15) is 0 Å². The van der Waals surface area contributed by atoms with Gasteiger partial charge in [0.2, 0.25) is 0 Å². The summed E-state index contributed by atoms with van der Waals surface area (Å²) < 4.78 is 0. The molecule has 0 unspecified atom stereocenters. The molecule has 0 saturated heterocycles. The van der Waals surface area contributed by atoms with Crippen LogP contribution in [0.15, 0.2) is 30.5 Å². The molecule has 1 aliphatic carbocycles. The molecule has 1 saturated carbocycles. The van der Waals surface area contributed by atoms with Crippen molar-refractivity contribution in [3.8, 4) is 11.3 Å². The largest absolute Gasteiger partial charge is 0.352 e. The van der Waals surface area contributed by atoms with Gasteiger partial charge >= 0.3 is 0 Å². The molecule has 1 aromatic carbocycles. The van der Waals surface area contributed by atoms with Gasteiger partial charge in [-0.1, -0.05) is 23.7 Å². The molecule has 0 bridgehead atoms. The molecular weight excluding hydrogens is 262 g/mol. The molecule has 1 fully saturated rings. The van der Waals surface area contributed by atoms with E-state index in [2.05, 4.69) is 15.5 Å². The summed E-state index contributed by atoms with van der Waals surface area (Å²) in [4.78, 5) is 12.1. The molecule has 0 radical (unpaired) electrons. The van der Waals surface area contributed by atoms with Gasteiger partial charge in [0.15, 0.2) is 0 Å². The first kappa shape index (κ1) is 12.2. The second-order valence-electron chi connectivity index (χ2n) is 4.82. The van der Waals surface area contributed by atoms with Gasteiger partial charge < -0.3 is 5.32 Å². The van der Waals surface area contributed by atoms with Gasteiger partial charge in [0.05, 0.1) is 17.5 Å². The Morgan fingerprint density at radius 3 is 2.79 bits per heavy atom. The van der Waals surface area contributed by atoms with Crippen LogP contribution in [-0.2, 0) is 0 Å². The maximum atomic E-state index is 12.1. The van der Waals surface area contributed by atoms with Crippen molar-refractivity contribution in [2.75, 3.05) is 6.54 Å². The van der Waals surface area contributed by atoms with Crippen molar-refractivity contribution in [1.29, 1.82) is 0 Å². The zero-order chi connectivity index (χ0) is 13.2. The monoisotopic (exact) mass is 275 g/mol. The molecule has 0 atom stereocenters. The molecule has 1 amide bonds. The molecule has 2 aromatic rings. The number of aromatic amines is 1. The van der Waals surface area contributed by atoms with E-state index in [1.807, 2.05) is 12.1 Å². The average molecular weight is 276 g/mol. The Bertz CT molecular complexity index is 587. The SMILES string of the molecule is O=C(NCC1CC1)c1cn[nH]c1-c1ccc(Cl)cc1. The molecule has 0 spiro atoms. The van der Waals surface area contributed by atoms with Crippen molar-refractivity contribution in [1.82, 2.24) is 15.5 Å². The third-order valence-corrected chi connectivity index (χ3v) is 3.52. The molecule has 2 N–H and O–H groups in total. The lowest BCUT2D eigenvalue weighted by Gasteiger charge is -2.05. The molecule has 98 valence electrons. The molecule has 3 rings (SSSR count). The maximum Gasteiger partial charge on any atom is 0.255 e. The highest BCUT2D eigenvalue weighted by Gasteiger charge is 2.23. The molecule has 0 aliphatic heterocycles. The van der Waals surface area contributed by atoms with Gasteiger partial charge in [0.25, 0.3) is 5.91 Å². The number of rotatable bonds is 4. The van der Waals surface area contributed by atoms with E-state index in [-0.39, 0.29) is 5.91 Å². The Kier molecular flexibility index (Phi) is 3.25. The first-order chi connectivity index (χ1) is 9.24. The number of benzene rings is 1. The highest BCUT2D eigenvalue weighted by atomic mass is 35.5. The van der Waals surface area contributed by atoms with E-state index in [9.17, 15) is 4.79 Å². The summed E-state index contributed by atoms with van der Waals surface area (Å²) in [6.07, 6.45) is 4.00. The van der Waals surface area contributed by atoms with Crippen LogP contribution in [0, 0.1) is 5.92 Å². The summed E-state index contributed by atoms with van der Waals surface area (Å²) in [6, 6.07) is 7.33. The minimum Gasteiger partial charge on any atom is -0.352 e. The predicted molar refractivity (Wildman–Crippen MR) is 74.1 cm³/mol. The molecule has 1 heterocycles. The maximum absolute atomic E-state index is 12.1. The fourth-order valence-corrected chi connectivity index (χ4v) is 2.08. The number of hydrogen-bond donors (Lipinski definition) is 2. The number of H-pyrrole nitrogens is 1. The normalized spacial score (nSPS) is 14.4. The van der Waals surface area contributed by atoms with Gasteiger partial charge in [0, 0.05) is 17.1 Å². The van der Waals surface area contributed by atoms with Crippen LogP contribution < -0.4 is 5.32 Å². The summed E-state index contributed by atoms with van der Waals surface area (Å²) in [7, 11) is 0. The van der Waals surface area contributed by atoms with Crippen molar-refractivity contribution in [2.24, 2.45) is 5.92 Å². The zero-order valence-corrected chi connectivity index (χ0v) is 11.1. The minimum absolute atomic E-state index is 0.0781. The van der Waals surface area contributed by atoms with Crippen LogP contribution in [-0.4, -0.2) is 22.6 Å². The van der Waals surface area contributed by atoms with E-state index < -0.39 is 0 Å². The minimum atomic E-state index is -0.0781. The van der Waals surface area contributed by atoms with Crippen LogP contribution in [0.1, 0.15) is 23.2 Å². The highest BCUT2D eigenvalue weighted by molar-refractivity contribution is 6.30. The molecule has 5 heteroatoms. The van der Waals surface area contributed by atoms with Gasteiger partial charge in [-0.3, -0.25) is 9.89 Å². The third kappa shape index (κ3) is 2.79.